The van der Waals surface area contributed by atoms with Gasteiger partial charge in [0.1, 0.15) is 0 Å². The van der Waals surface area contributed by atoms with Crippen LogP contribution in [0.2, 0.25) is 0 Å². The third-order valence-electron chi connectivity index (χ3n) is 2.90. The van der Waals surface area contributed by atoms with Crippen LogP contribution in [0.1, 0.15) is 18.4 Å². The first kappa shape index (κ1) is 12.3. The van der Waals surface area contributed by atoms with E-state index in [4.69, 9.17) is 4.55 Å². The van der Waals surface area contributed by atoms with E-state index in [0.717, 1.165) is 19.3 Å². The Morgan fingerprint density at radius 1 is 1.00 bits per heavy atom. The van der Waals surface area contributed by atoms with E-state index in [0.29, 0.717) is 5.75 Å². The van der Waals surface area contributed by atoms with Gasteiger partial charge in [-0.3, -0.25) is 0 Å². The van der Waals surface area contributed by atoms with Crippen molar-refractivity contribution in [2.24, 2.45) is 0 Å². The summed E-state index contributed by atoms with van der Waals surface area (Å²) in [6.07, 6.45) is 2.73. The lowest BCUT2D eigenvalue weighted by atomic mass is 10.0. The summed E-state index contributed by atoms with van der Waals surface area (Å²) in [6, 6.07) is 14.7. The lowest BCUT2D eigenvalue weighted by Gasteiger charge is -2.05. The Labute approximate surface area is 104 Å². The van der Waals surface area contributed by atoms with E-state index in [9.17, 15) is 4.21 Å². The van der Waals surface area contributed by atoms with Gasteiger partial charge >= 0.3 is 0 Å². The van der Waals surface area contributed by atoms with Crippen molar-refractivity contribution in [3.05, 3.63) is 48.0 Å². The van der Waals surface area contributed by atoms with Crippen molar-refractivity contribution >= 4 is 21.9 Å². The van der Waals surface area contributed by atoms with Crippen molar-refractivity contribution < 1.29 is 8.76 Å². The van der Waals surface area contributed by atoms with Crippen molar-refractivity contribution in [1.29, 1.82) is 0 Å². The van der Waals surface area contributed by atoms with E-state index >= 15 is 0 Å². The Hall–Kier alpha value is -1.19. The third-order valence-corrected chi connectivity index (χ3v) is 3.53. The predicted molar refractivity (Wildman–Crippen MR) is 72.5 cm³/mol. The van der Waals surface area contributed by atoms with Gasteiger partial charge in [0.05, 0.1) is 0 Å². The Kier molecular flexibility index (Phi) is 4.29. The molecule has 3 heteroatoms. The molecule has 2 rings (SSSR count). The molecular weight excluding hydrogens is 232 g/mol. The normalized spacial score (nSPS) is 12.8. The highest BCUT2D eigenvalue weighted by atomic mass is 32.2. The Bertz CT molecular complexity index is 517. The summed E-state index contributed by atoms with van der Waals surface area (Å²) in [5.74, 6) is 0.380. The van der Waals surface area contributed by atoms with Gasteiger partial charge in [0.2, 0.25) is 0 Å². The zero-order valence-corrected chi connectivity index (χ0v) is 10.5. The van der Waals surface area contributed by atoms with Crippen molar-refractivity contribution in [2.45, 2.75) is 19.3 Å². The molecule has 0 heterocycles. The molecule has 2 aromatic rings. The molecule has 1 unspecified atom stereocenters. The molecule has 0 saturated heterocycles. The fourth-order valence-corrected chi connectivity index (χ4v) is 2.50. The smallest absolute Gasteiger partial charge is 0.152 e. The van der Waals surface area contributed by atoms with Gasteiger partial charge in [-0.05, 0) is 35.6 Å². The summed E-state index contributed by atoms with van der Waals surface area (Å²) in [5.41, 5.74) is 1.33. The van der Waals surface area contributed by atoms with E-state index in [1.165, 1.54) is 16.3 Å². The van der Waals surface area contributed by atoms with Crippen LogP contribution in [-0.2, 0) is 17.5 Å². The molecule has 0 aromatic heterocycles. The quantitative estimate of drug-likeness (QED) is 0.650. The summed E-state index contributed by atoms with van der Waals surface area (Å²) in [6.45, 7) is 0. The number of hydrogen-bond acceptors (Lipinski definition) is 1. The Morgan fingerprint density at radius 3 is 2.59 bits per heavy atom. The number of fused-ring (bicyclic) bond motifs is 1. The van der Waals surface area contributed by atoms with Crippen LogP contribution in [0.25, 0.3) is 10.8 Å². The van der Waals surface area contributed by atoms with Crippen LogP contribution in [0.15, 0.2) is 42.5 Å². The highest BCUT2D eigenvalue weighted by molar-refractivity contribution is 7.79. The molecule has 0 spiro atoms. The second-order valence-electron chi connectivity index (χ2n) is 4.12. The second kappa shape index (κ2) is 5.94. The van der Waals surface area contributed by atoms with Crippen LogP contribution in [0.5, 0.6) is 0 Å². The first-order chi connectivity index (χ1) is 8.27. The third kappa shape index (κ3) is 3.38. The maximum atomic E-state index is 10.5. The summed E-state index contributed by atoms with van der Waals surface area (Å²) in [4.78, 5) is 0. The lowest BCUT2D eigenvalue weighted by Crippen LogP contribution is -1.96. The van der Waals surface area contributed by atoms with Gasteiger partial charge in [-0.2, -0.15) is 0 Å². The summed E-state index contributed by atoms with van der Waals surface area (Å²) in [5, 5.41) is 2.55. The van der Waals surface area contributed by atoms with Gasteiger partial charge in [-0.1, -0.05) is 42.5 Å². The standard InChI is InChI=1S/C14H16O2S/c15-17(16)11-4-3-7-13-9-5-8-12-6-1-2-10-14(12)13/h1-2,5-6,8-10H,3-4,7,11H2,(H,15,16). The largest absolute Gasteiger partial charge is 0.306 e. The highest BCUT2D eigenvalue weighted by Gasteiger charge is 2.00. The van der Waals surface area contributed by atoms with Crippen LogP contribution >= 0.6 is 0 Å². The molecule has 1 N–H and O–H groups in total. The fourth-order valence-electron chi connectivity index (χ4n) is 2.05. The minimum Gasteiger partial charge on any atom is -0.306 e. The zero-order chi connectivity index (χ0) is 12.1. The predicted octanol–water partition coefficient (Wildman–Crippen LogP) is 3.38. The molecule has 2 aromatic carbocycles. The molecule has 0 fully saturated rings. The van der Waals surface area contributed by atoms with Gasteiger partial charge in [0.25, 0.3) is 0 Å². The summed E-state index contributed by atoms with van der Waals surface area (Å²) >= 11 is -1.65. The van der Waals surface area contributed by atoms with Crippen LogP contribution in [-0.4, -0.2) is 14.5 Å². The van der Waals surface area contributed by atoms with Crippen molar-refractivity contribution in [3.8, 4) is 0 Å². The maximum absolute atomic E-state index is 10.5. The van der Waals surface area contributed by atoms with Crippen molar-refractivity contribution in [3.63, 3.8) is 0 Å². The van der Waals surface area contributed by atoms with E-state index in [1.807, 2.05) is 6.07 Å². The number of benzene rings is 2. The molecule has 0 aliphatic heterocycles. The monoisotopic (exact) mass is 248 g/mol. The van der Waals surface area contributed by atoms with Gasteiger partial charge in [-0.25, -0.2) is 4.21 Å². The average Bonchev–Trinajstić information content (AvgIpc) is 2.34. The first-order valence-corrected chi connectivity index (χ1v) is 7.09. The summed E-state index contributed by atoms with van der Waals surface area (Å²) < 4.78 is 19.2. The van der Waals surface area contributed by atoms with Crippen LogP contribution in [0, 0.1) is 0 Å². The highest BCUT2D eigenvalue weighted by Crippen LogP contribution is 2.20. The maximum Gasteiger partial charge on any atom is 0.152 e. The van der Waals surface area contributed by atoms with E-state index < -0.39 is 11.1 Å². The molecule has 0 aliphatic carbocycles. The molecule has 0 amide bonds. The second-order valence-corrected chi connectivity index (χ2v) is 5.17. The average molecular weight is 248 g/mol. The molecule has 0 bridgehead atoms. The molecular formula is C14H16O2S. The molecule has 2 nitrogen and oxygen atoms in total. The van der Waals surface area contributed by atoms with Crippen LogP contribution < -0.4 is 0 Å². The Morgan fingerprint density at radius 2 is 1.76 bits per heavy atom. The van der Waals surface area contributed by atoms with Gasteiger partial charge in [-0.15, -0.1) is 0 Å². The summed E-state index contributed by atoms with van der Waals surface area (Å²) in [7, 11) is 0. The fraction of sp³-hybridized carbons (Fsp3) is 0.286. The van der Waals surface area contributed by atoms with E-state index in [2.05, 4.69) is 36.4 Å². The van der Waals surface area contributed by atoms with Crippen LogP contribution in [0.3, 0.4) is 0 Å². The van der Waals surface area contributed by atoms with Gasteiger partial charge in [0, 0.05) is 5.75 Å². The van der Waals surface area contributed by atoms with Crippen LogP contribution in [0.4, 0.5) is 0 Å². The molecule has 0 radical (unpaired) electrons. The molecule has 0 saturated carbocycles. The SMILES string of the molecule is O=S(O)CCCCc1cccc2ccccc12. The molecule has 1 atom stereocenters. The van der Waals surface area contributed by atoms with Crippen molar-refractivity contribution in [2.75, 3.05) is 5.75 Å². The lowest BCUT2D eigenvalue weighted by molar-refractivity contribution is 0.560. The van der Waals surface area contributed by atoms with Crippen molar-refractivity contribution in [1.82, 2.24) is 0 Å². The first-order valence-electron chi connectivity index (χ1n) is 5.81. The zero-order valence-electron chi connectivity index (χ0n) is 9.63. The number of aryl methyl sites for hydroxylation is 1. The van der Waals surface area contributed by atoms with E-state index in [-0.39, 0.29) is 0 Å². The van der Waals surface area contributed by atoms with E-state index in [1.54, 1.807) is 0 Å². The Balaban J connectivity index is 2.05. The van der Waals surface area contributed by atoms with Gasteiger partial charge < -0.3 is 4.55 Å². The minimum absolute atomic E-state index is 0.380. The topological polar surface area (TPSA) is 37.3 Å². The molecule has 17 heavy (non-hydrogen) atoms. The number of unbranched alkanes of at least 4 members (excludes halogenated alkanes) is 1. The molecule has 90 valence electrons. The van der Waals surface area contributed by atoms with Gasteiger partial charge in [0.15, 0.2) is 11.1 Å². The number of hydrogen-bond donors (Lipinski definition) is 1. The number of rotatable bonds is 5. The molecule has 0 aliphatic rings. The minimum atomic E-state index is -1.65.